The van der Waals surface area contributed by atoms with Crippen LogP contribution in [0.5, 0.6) is 5.75 Å². The predicted molar refractivity (Wildman–Crippen MR) is 80.2 cm³/mol. The van der Waals surface area contributed by atoms with E-state index in [1.54, 1.807) is 6.07 Å². The normalized spacial score (nSPS) is 11.4. The monoisotopic (exact) mass is 283 g/mol. The number of aryl methyl sites for hydroxylation is 1. The Morgan fingerprint density at radius 3 is 2.42 bits per heavy atom. The molecule has 106 valence electrons. The Bertz CT molecular complexity index is 436. The first-order chi connectivity index (χ1) is 8.98. The molecular formula is C14H21NO3S. The van der Waals surface area contributed by atoms with Crippen molar-refractivity contribution in [3.05, 3.63) is 33.9 Å². The van der Waals surface area contributed by atoms with Crippen molar-refractivity contribution in [3.8, 4) is 5.75 Å². The smallest absolute Gasteiger partial charge is 0.269 e. The maximum absolute atomic E-state index is 10.7. The van der Waals surface area contributed by atoms with Crippen LogP contribution in [0.15, 0.2) is 18.2 Å². The molecule has 19 heavy (non-hydrogen) atoms. The number of non-ortho nitro benzene ring substituents is 1. The third-order valence-electron chi connectivity index (χ3n) is 3.74. The van der Waals surface area contributed by atoms with Crippen LogP contribution in [-0.4, -0.2) is 17.3 Å². The topological polar surface area (TPSA) is 52.4 Å². The summed E-state index contributed by atoms with van der Waals surface area (Å²) in [5, 5.41) is 10.7. The summed E-state index contributed by atoms with van der Waals surface area (Å²) in [5.41, 5.74) is 0.947. The summed E-state index contributed by atoms with van der Waals surface area (Å²) < 4.78 is 5.84. The van der Waals surface area contributed by atoms with Gasteiger partial charge in [-0.2, -0.15) is 12.6 Å². The highest BCUT2D eigenvalue weighted by Crippen LogP contribution is 2.30. The molecule has 0 fully saturated rings. The van der Waals surface area contributed by atoms with E-state index in [1.165, 1.54) is 12.1 Å². The van der Waals surface area contributed by atoms with Crippen LogP contribution in [0.4, 0.5) is 5.69 Å². The van der Waals surface area contributed by atoms with Crippen LogP contribution >= 0.6 is 12.6 Å². The summed E-state index contributed by atoms with van der Waals surface area (Å²) in [7, 11) is 0. The van der Waals surface area contributed by atoms with Crippen molar-refractivity contribution in [2.24, 2.45) is 5.41 Å². The van der Waals surface area contributed by atoms with Crippen LogP contribution < -0.4 is 4.74 Å². The lowest BCUT2D eigenvalue weighted by Gasteiger charge is -2.29. The van der Waals surface area contributed by atoms with E-state index < -0.39 is 4.92 Å². The van der Waals surface area contributed by atoms with Gasteiger partial charge >= 0.3 is 0 Å². The van der Waals surface area contributed by atoms with Gasteiger partial charge in [-0.3, -0.25) is 10.1 Å². The maximum atomic E-state index is 10.7. The summed E-state index contributed by atoms with van der Waals surface area (Å²) in [5.74, 6) is 1.48. The van der Waals surface area contributed by atoms with E-state index in [1.807, 2.05) is 6.92 Å². The first-order valence-corrected chi connectivity index (χ1v) is 7.10. The summed E-state index contributed by atoms with van der Waals surface area (Å²) >= 11 is 4.41. The molecule has 0 aliphatic rings. The van der Waals surface area contributed by atoms with Crippen molar-refractivity contribution in [2.45, 2.75) is 33.6 Å². The first kappa shape index (κ1) is 15.8. The molecular weight excluding hydrogens is 262 g/mol. The van der Waals surface area contributed by atoms with Gasteiger partial charge in [-0.05, 0) is 37.1 Å². The number of nitro groups is 1. The maximum Gasteiger partial charge on any atom is 0.269 e. The molecule has 0 unspecified atom stereocenters. The van der Waals surface area contributed by atoms with Gasteiger partial charge in [0.1, 0.15) is 5.75 Å². The third kappa shape index (κ3) is 3.86. The quantitative estimate of drug-likeness (QED) is 0.467. The van der Waals surface area contributed by atoms with E-state index in [-0.39, 0.29) is 11.1 Å². The standard InChI is InChI=1S/C14H21NO3S/c1-4-14(5-2,10-19)9-18-13-7-6-12(15(16)17)8-11(13)3/h6-8,19H,4-5,9-10H2,1-3H3. The Labute approximate surface area is 119 Å². The van der Waals surface area contributed by atoms with Crippen molar-refractivity contribution >= 4 is 18.3 Å². The average Bonchev–Trinajstić information content (AvgIpc) is 2.42. The van der Waals surface area contributed by atoms with E-state index in [2.05, 4.69) is 26.5 Å². The molecule has 0 bridgehead atoms. The Morgan fingerprint density at radius 1 is 1.37 bits per heavy atom. The van der Waals surface area contributed by atoms with Crippen LogP contribution in [0, 0.1) is 22.5 Å². The molecule has 0 aliphatic heterocycles. The molecule has 0 spiro atoms. The van der Waals surface area contributed by atoms with Gasteiger partial charge in [-0.1, -0.05) is 13.8 Å². The minimum atomic E-state index is -0.396. The van der Waals surface area contributed by atoms with Gasteiger partial charge in [-0.25, -0.2) is 0 Å². The summed E-state index contributed by atoms with van der Waals surface area (Å²) in [4.78, 5) is 10.3. The van der Waals surface area contributed by atoms with Crippen molar-refractivity contribution in [1.29, 1.82) is 0 Å². The number of hydrogen-bond donors (Lipinski definition) is 1. The SMILES string of the molecule is CCC(CC)(CS)COc1ccc([N+](=O)[O-])cc1C. The number of hydrogen-bond acceptors (Lipinski definition) is 4. The lowest BCUT2D eigenvalue weighted by Crippen LogP contribution is -2.29. The van der Waals surface area contributed by atoms with E-state index >= 15 is 0 Å². The molecule has 5 heteroatoms. The fraction of sp³-hybridized carbons (Fsp3) is 0.571. The molecule has 0 atom stereocenters. The van der Waals surface area contributed by atoms with Crippen LogP contribution in [0.3, 0.4) is 0 Å². The van der Waals surface area contributed by atoms with Gasteiger partial charge in [0.05, 0.1) is 11.5 Å². The molecule has 0 saturated carbocycles. The molecule has 0 N–H and O–H groups in total. The van der Waals surface area contributed by atoms with Gasteiger partial charge in [-0.15, -0.1) is 0 Å². The van der Waals surface area contributed by atoms with Gasteiger partial charge < -0.3 is 4.74 Å². The number of thiol groups is 1. The van der Waals surface area contributed by atoms with Crippen LogP contribution in [0.1, 0.15) is 32.3 Å². The minimum Gasteiger partial charge on any atom is -0.493 e. The van der Waals surface area contributed by atoms with Gasteiger partial charge in [0.2, 0.25) is 0 Å². The van der Waals surface area contributed by atoms with Crippen molar-refractivity contribution in [2.75, 3.05) is 12.4 Å². The average molecular weight is 283 g/mol. The van der Waals surface area contributed by atoms with E-state index in [9.17, 15) is 10.1 Å². The molecule has 0 radical (unpaired) electrons. The van der Waals surface area contributed by atoms with Gasteiger partial charge in [0.15, 0.2) is 0 Å². The number of rotatable bonds is 7. The largest absolute Gasteiger partial charge is 0.493 e. The Hall–Kier alpha value is -1.23. The lowest BCUT2D eigenvalue weighted by atomic mass is 9.85. The Morgan fingerprint density at radius 2 is 2.00 bits per heavy atom. The lowest BCUT2D eigenvalue weighted by molar-refractivity contribution is -0.384. The molecule has 0 amide bonds. The van der Waals surface area contributed by atoms with Gasteiger partial charge in [0.25, 0.3) is 5.69 Å². The highest BCUT2D eigenvalue weighted by molar-refractivity contribution is 7.80. The van der Waals surface area contributed by atoms with Crippen LogP contribution in [-0.2, 0) is 0 Å². The van der Waals surface area contributed by atoms with Crippen molar-refractivity contribution in [1.82, 2.24) is 0 Å². The second-order valence-electron chi connectivity index (χ2n) is 4.86. The second kappa shape index (κ2) is 6.80. The second-order valence-corrected chi connectivity index (χ2v) is 5.18. The Balaban J connectivity index is 2.80. The molecule has 1 aromatic carbocycles. The minimum absolute atomic E-state index is 0.0668. The summed E-state index contributed by atoms with van der Waals surface area (Å²) in [6, 6.07) is 4.68. The number of benzene rings is 1. The molecule has 0 aromatic heterocycles. The Kier molecular flexibility index (Phi) is 5.66. The zero-order valence-electron chi connectivity index (χ0n) is 11.7. The first-order valence-electron chi connectivity index (χ1n) is 6.46. The van der Waals surface area contributed by atoms with Crippen molar-refractivity contribution in [3.63, 3.8) is 0 Å². The predicted octanol–water partition coefficient (Wildman–Crippen LogP) is 4.02. The molecule has 0 aliphatic carbocycles. The fourth-order valence-electron chi connectivity index (χ4n) is 1.86. The third-order valence-corrected chi connectivity index (χ3v) is 4.41. The zero-order chi connectivity index (χ0) is 14.5. The van der Waals surface area contributed by atoms with Crippen molar-refractivity contribution < 1.29 is 9.66 Å². The van der Waals surface area contributed by atoms with Crippen LogP contribution in [0.2, 0.25) is 0 Å². The number of ether oxygens (including phenoxy) is 1. The fourth-order valence-corrected chi connectivity index (χ4v) is 2.40. The number of nitro benzene ring substituents is 1. The summed E-state index contributed by atoms with van der Waals surface area (Å²) in [6.45, 7) is 6.67. The molecule has 0 saturated heterocycles. The highest BCUT2D eigenvalue weighted by Gasteiger charge is 2.25. The zero-order valence-corrected chi connectivity index (χ0v) is 12.6. The number of nitrogens with zero attached hydrogens (tertiary/aromatic N) is 1. The van der Waals surface area contributed by atoms with Crippen LogP contribution in [0.25, 0.3) is 0 Å². The van der Waals surface area contributed by atoms with E-state index in [0.29, 0.717) is 12.4 Å². The molecule has 0 heterocycles. The molecule has 1 rings (SSSR count). The van der Waals surface area contributed by atoms with E-state index in [4.69, 9.17) is 4.74 Å². The van der Waals surface area contributed by atoms with E-state index in [0.717, 1.165) is 24.2 Å². The molecule has 4 nitrogen and oxygen atoms in total. The highest BCUT2D eigenvalue weighted by atomic mass is 32.1. The van der Waals surface area contributed by atoms with Gasteiger partial charge in [0, 0.05) is 17.5 Å². The summed E-state index contributed by atoms with van der Waals surface area (Å²) in [6.07, 6.45) is 2.00. The molecule has 1 aromatic rings.